The Kier molecular flexibility index (Phi) is 5.88. The Bertz CT molecular complexity index is 325. The Morgan fingerprint density at radius 3 is 2.65 bits per heavy atom. The molecule has 1 unspecified atom stereocenters. The highest BCUT2D eigenvalue weighted by Crippen LogP contribution is 2.26. The van der Waals surface area contributed by atoms with Gasteiger partial charge >= 0.3 is 0 Å². The lowest BCUT2D eigenvalue weighted by molar-refractivity contribution is 0.204. The molecule has 0 saturated carbocycles. The van der Waals surface area contributed by atoms with E-state index < -0.39 is 0 Å². The summed E-state index contributed by atoms with van der Waals surface area (Å²) in [6.45, 7) is 8.99. The molecule has 17 heavy (non-hydrogen) atoms. The number of nitrogens with two attached hydrogens (primary N) is 1. The van der Waals surface area contributed by atoms with Crippen LogP contribution in [0.5, 0.6) is 0 Å². The fourth-order valence-corrected chi connectivity index (χ4v) is 2.44. The van der Waals surface area contributed by atoms with Crippen molar-refractivity contribution in [2.24, 2.45) is 11.7 Å². The van der Waals surface area contributed by atoms with Crippen molar-refractivity contribution >= 4 is 16.5 Å². The first-order valence-electron chi connectivity index (χ1n) is 5.99. The van der Waals surface area contributed by atoms with Crippen molar-refractivity contribution in [3.8, 4) is 0 Å². The van der Waals surface area contributed by atoms with Gasteiger partial charge in [0.2, 0.25) is 0 Å². The molecular formula is C12H23N3OS. The molecule has 98 valence electrons. The summed E-state index contributed by atoms with van der Waals surface area (Å²) >= 11 is 1.68. The van der Waals surface area contributed by atoms with Crippen molar-refractivity contribution in [3.05, 3.63) is 11.1 Å². The van der Waals surface area contributed by atoms with Crippen LogP contribution in [0.2, 0.25) is 0 Å². The van der Waals surface area contributed by atoms with E-state index in [1.54, 1.807) is 18.4 Å². The number of aromatic nitrogens is 1. The van der Waals surface area contributed by atoms with E-state index in [0.717, 1.165) is 29.7 Å². The molecule has 0 aliphatic carbocycles. The van der Waals surface area contributed by atoms with Gasteiger partial charge in [-0.05, 0) is 12.8 Å². The quantitative estimate of drug-likeness (QED) is 0.814. The zero-order valence-electron chi connectivity index (χ0n) is 11.1. The summed E-state index contributed by atoms with van der Waals surface area (Å²) in [5.41, 5.74) is 5.86. The van der Waals surface area contributed by atoms with Crippen molar-refractivity contribution in [1.82, 2.24) is 4.98 Å². The van der Waals surface area contributed by atoms with Gasteiger partial charge in [0, 0.05) is 37.3 Å². The Morgan fingerprint density at radius 1 is 1.47 bits per heavy atom. The zero-order valence-corrected chi connectivity index (χ0v) is 12.0. The number of thiazole rings is 1. The van der Waals surface area contributed by atoms with Gasteiger partial charge in [-0.1, -0.05) is 13.8 Å². The fraction of sp³-hybridized carbons (Fsp3) is 0.750. The van der Waals surface area contributed by atoms with E-state index in [0.29, 0.717) is 5.92 Å². The number of methoxy groups -OCH3 is 1. The van der Waals surface area contributed by atoms with Gasteiger partial charge in [0.05, 0.1) is 6.61 Å². The molecule has 1 atom stereocenters. The number of hydrogen-bond donors (Lipinski definition) is 1. The highest BCUT2D eigenvalue weighted by Gasteiger charge is 2.13. The number of nitrogens with zero attached hydrogens (tertiary/aromatic N) is 2. The molecule has 1 rings (SSSR count). The van der Waals surface area contributed by atoms with Crippen LogP contribution in [0.4, 0.5) is 5.13 Å². The number of anilines is 1. The molecule has 0 saturated heterocycles. The minimum absolute atomic E-state index is 0.0598. The highest BCUT2D eigenvalue weighted by molar-refractivity contribution is 7.15. The van der Waals surface area contributed by atoms with E-state index >= 15 is 0 Å². The summed E-state index contributed by atoms with van der Waals surface area (Å²) in [6, 6.07) is 0.0598. The van der Waals surface area contributed by atoms with Gasteiger partial charge in [0.15, 0.2) is 5.13 Å². The lowest BCUT2D eigenvalue weighted by Crippen LogP contribution is -2.30. The summed E-state index contributed by atoms with van der Waals surface area (Å²) in [5, 5.41) is 1.04. The molecule has 1 heterocycles. The standard InChI is InChI=1S/C12H23N3OS/c1-9(2)8-15(5-6-16-4)12-14-7-11(17-12)10(3)13/h7,9-10H,5-6,8,13H2,1-4H3. The maximum Gasteiger partial charge on any atom is 0.185 e. The molecule has 0 spiro atoms. The fourth-order valence-electron chi connectivity index (χ4n) is 1.54. The molecular weight excluding hydrogens is 234 g/mol. The molecule has 0 aliphatic heterocycles. The first kappa shape index (κ1) is 14.4. The molecule has 1 aromatic heterocycles. The first-order chi connectivity index (χ1) is 8.04. The summed E-state index contributed by atoms with van der Waals surface area (Å²) < 4.78 is 5.14. The second kappa shape index (κ2) is 6.93. The summed E-state index contributed by atoms with van der Waals surface area (Å²) in [5.74, 6) is 0.606. The predicted octanol–water partition coefficient (Wildman–Crippen LogP) is 2.27. The number of rotatable bonds is 7. The van der Waals surface area contributed by atoms with Gasteiger partial charge in [-0.25, -0.2) is 4.98 Å². The van der Waals surface area contributed by atoms with Crippen LogP contribution in [0, 0.1) is 5.92 Å². The van der Waals surface area contributed by atoms with Crippen molar-refractivity contribution in [2.45, 2.75) is 26.8 Å². The van der Waals surface area contributed by atoms with E-state index in [1.165, 1.54) is 0 Å². The Hall–Kier alpha value is -0.650. The second-order valence-corrected chi connectivity index (χ2v) is 5.71. The van der Waals surface area contributed by atoms with Gasteiger partial charge in [-0.3, -0.25) is 0 Å². The third-order valence-corrected chi connectivity index (χ3v) is 3.64. The van der Waals surface area contributed by atoms with Gasteiger partial charge in [0.25, 0.3) is 0 Å². The predicted molar refractivity (Wildman–Crippen MR) is 73.6 cm³/mol. The van der Waals surface area contributed by atoms with Crippen molar-refractivity contribution in [2.75, 3.05) is 31.7 Å². The molecule has 2 N–H and O–H groups in total. The van der Waals surface area contributed by atoms with Crippen molar-refractivity contribution in [1.29, 1.82) is 0 Å². The molecule has 0 aromatic carbocycles. The smallest absolute Gasteiger partial charge is 0.185 e. The van der Waals surface area contributed by atoms with Crippen LogP contribution in [-0.2, 0) is 4.74 Å². The molecule has 4 nitrogen and oxygen atoms in total. The maximum absolute atomic E-state index is 5.86. The minimum atomic E-state index is 0.0598. The molecule has 0 radical (unpaired) electrons. The van der Waals surface area contributed by atoms with Gasteiger partial charge in [-0.2, -0.15) is 0 Å². The van der Waals surface area contributed by atoms with Crippen LogP contribution in [0.15, 0.2) is 6.20 Å². The molecule has 5 heteroatoms. The Balaban J connectivity index is 2.72. The molecule has 0 amide bonds. The van der Waals surface area contributed by atoms with Crippen LogP contribution in [0.3, 0.4) is 0 Å². The maximum atomic E-state index is 5.86. The topological polar surface area (TPSA) is 51.4 Å². The van der Waals surface area contributed by atoms with Crippen LogP contribution >= 0.6 is 11.3 Å². The van der Waals surface area contributed by atoms with Crippen LogP contribution in [0.25, 0.3) is 0 Å². The highest BCUT2D eigenvalue weighted by atomic mass is 32.1. The normalized spacial score (nSPS) is 13.1. The largest absolute Gasteiger partial charge is 0.383 e. The van der Waals surface area contributed by atoms with Crippen LogP contribution < -0.4 is 10.6 Å². The van der Waals surface area contributed by atoms with E-state index in [-0.39, 0.29) is 6.04 Å². The average molecular weight is 257 g/mol. The number of hydrogen-bond acceptors (Lipinski definition) is 5. The van der Waals surface area contributed by atoms with Gasteiger partial charge < -0.3 is 15.4 Å². The van der Waals surface area contributed by atoms with E-state index in [1.807, 2.05) is 13.1 Å². The summed E-state index contributed by atoms with van der Waals surface area (Å²) in [7, 11) is 1.72. The zero-order chi connectivity index (χ0) is 12.8. The monoisotopic (exact) mass is 257 g/mol. The minimum Gasteiger partial charge on any atom is -0.383 e. The average Bonchev–Trinajstić information content (AvgIpc) is 2.72. The molecule has 0 aliphatic rings. The third-order valence-electron chi connectivity index (χ3n) is 2.38. The molecule has 0 bridgehead atoms. The van der Waals surface area contributed by atoms with Crippen LogP contribution in [0.1, 0.15) is 31.7 Å². The number of ether oxygens (including phenoxy) is 1. The van der Waals surface area contributed by atoms with Crippen molar-refractivity contribution in [3.63, 3.8) is 0 Å². The lowest BCUT2D eigenvalue weighted by Gasteiger charge is -2.23. The van der Waals surface area contributed by atoms with E-state index in [9.17, 15) is 0 Å². The molecule has 0 fully saturated rings. The lowest BCUT2D eigenvalue weighted by atomic mass is 10.2. The van der Waals surface area contributed by atoms with Crippen LogP contribution in [-0.4, -0.2) is 31.8 Å². The third kappa shape index (κ3) is 4.61. The van der Waals surface area contributed by atoms with Gasteiger partial charge in [0.1, 0.15) is 0 Å². The van der Waals surface area contributed by atoms with Crippen molar-refractivity contribution < 1.29 is 4.74 Å². The summed E-state index contributed by atoms with van der Waals surface area (Å²) in [4.78, 5) is 7.85. The first-order valence-corrected chi connectivity index (χ1v) is 6.81. The SMILES string of the molecule is COCCN(CC(C)C)c1ncc(C(C)N)s1. The Morgan fingerprint density at radius 2 is 2.18 bits per heavy atom. The van der Waals surface area contributed by atoms with Gasteiger partial charge in [-0.15, -0.1) is 11.3 Å². The van der Waals surface area contributed by atoms with E-state index in [4.69, 9.17) is 10.5 Å². The second-order valence-electron chi connectivity index (χ2n) is 4.67. The molecule has 1 aromatic rings. The van der Waals surface area contributed by atoms with E-state index in [2.05, 4.69) is 23.7 Å². The Labute approximate surface area is 108 Å². The summed E-state index contributed by atoms with van der Waals surface area (Å²) in [6.07, 6.45) is 1.88.